The van der Waals surface area contributed by atoms with Gasteiger partial charge in [-0.25, -0.2) is 9.59 Å². The third-order valence-electron chi connectivity index (χ3n) is 5.78. The van der Waals surface area contributed by atoms with Crippen LogP contribution in [0.25, 0.3) is 10.9 Å². The summed E-state index contributed by atoms with van der Waals surface area (Å²) in [5.41, 5.74) is 2.18. The van der Waals surface area contributed by atoms with Crippen molar-refractivity contribution in [1.29, 1.82) is 5.26 Å². The second-order valence-electron chi connectivity index (χ2n) is 7.73. The van der Waals surface area contributed by atoms with Crippen LogP contribution in [0.3, 0.4) is 0 Å². The molecule has 4 rings (SSSR count). The summed E-state index contributed by atoms with van der Waals surface area (Å²) in [7, 11) is 1.63. The lowest BCUT2D eigenvalue weighted by Crippen LogP contribution is -2.56. The molecule has 8 nitrogen and oxygen atoms in total. The zero-order chi connectivity index (χ0) is 20.4. The van der Waals surface area contributed by atoms with Gasteiger partial charge in [0.05, 0.1) is 23.8 Å². The first kappa shape index (κ1) is 19.1. The minimum absolute atomic E-state index is 0.0201. The number of para-hydroxylation sites is 1. The Balaban J connectivity index is 1.46. The summed E-state index contributed by atoms with van der Waals surface area (Å²) in [5.74, 6) is 0. The molecule has 3 N–H and O–H groups in total. The Morgan fingerprint density at radius 2 is 2.07 bits per heavy atom. The highest BCUT2D eigenvalue weighted by molar-refractivity contribution is 5.87. The van der Waals surface area contributed by atoms with Crippen molar-refractivity contribution in [3.05, 3.63) is 35.5 Å². The molecule has 0 spiro atoms. The molecular weight excluding hydrogens is 368 g/mol. The summed E-state index contributed by atoms with van der Waals surface area (Å²) in [6, 6.07) is 9.93. The number of rotatable bonds is 4. The van der Waals surface area contributed by atoms with Gasteiger partial charge in [0.2, 0.25) is 0 Å². The van der Waals surface area contributed by atoms with E-state index in [0.29, 0.717) is 17.8 Å². The van der Waals surface area contributed by atoms with E-state index in [1.165, 1.54) is 0 Å². The predicted molar refractivity (Wildman–Crippen MR) is 109 cm³/mol. The maximum atomic E-state index is 13.1. The second-order valence-corrected chi connectivity index (χ2v) is 7.73. The molecule has 1 aliphatic heterocycles. The molecule has 2 heterocycles. The quantitative estimate of drug-likeness (QED) is 0.742. The smallest absolute Gasteiger partial charge is 0.318 e. The van der Waals surface area contributed by atoms with Crippen molar-refractivity contribution in [3.8, 4) is 6.07 Å². The molecule has 29 heavy (non-hydrogen) atoms. The van der Waals surface area contributed by atoms with Gasteiger partial charge in [0.15, 0.2) is 0 Å². The monoisotopic (exact) mass is 394 g/mol. The van der Waals surface area contributed by atoms with E-state index >= 15 is 0 Å². The van der Waals surface area contributed by atoms with Gasteiger partial charge in [0.1, 0.15) is 6.07 Å². The number of benzene rings is 1. The summed E-state index contributed by atoms with van der Waals surface area (Å²) < 4.78 is 0. The highest BCUT2D eigenvalue weighted by Gasteiger charge is 2.39. The molecule has 0 bridgehead atoms. The average Bonchev–Trinajstić information content (AvgIpc) is 3.51. The molecule has 1 aromatic heterocycles. The van der Waals surface area contributed by atoms with Crippen molar-refractivity contribution in [2.24, 2.45) is 0 Å². The summed E-state index contributed by atoms with van der Waals surface area (Å²) >= 11 is 0. The lowest BCUT2D eigenvalue weighted by molar-refractivity contribution is 0.116. The maximum Gasteiger partial charge on any atom is 0.318 e. The van der Waals surface area contributed by atoms with Crippen LogP contribution in [0.5, 0.6) is 0 Å². The molecule has 2 aromatic rings. The van der Waals surface area contributed by atoms with Crippen LogP contribution in [-0.2, 0) is 6.54 Å². The molecule has 8 heteroatoms. The summed E-state index contributed by atoms with van der Waals surface area (Å²) in [5, 5.41) is 16.1. The van der Waals surface area contributed by atoms with Crippen LogP contribution >= 0.6 is 0 Å². The number of carbonyl (C=O) groups excluding carboxylic acids is 2. The van der Waals surface area contributed by atoms with Crippen molar-refractivity contribution in [2.75, 3.05) is 20.1 Å². The highest BCUT2D eigenvalue weighted by Crippen LogP contribution is 2.31. The molecule has 2 fully saturated rings. The van der Waals surface area contributed by atoms with Gasteiger partial charge < -0.3 is 25.4 Å². The van der Waals surface area contributed by atoms with Crippen LogP contribution in [0, 0.1) is 11.3 Å². The van der Waals surface area contributed by atoms with Crippen LogP contribution < -0.4 is 10.6 Å². The van der Waals surface area contributed by atoms with E-state index in [1.807, 2.05) is 29.2 Å². The maximum absolute atomic E-state index is 13.1. The molecule has 4 amide bonds. The zero-order valence-electron chi connectivity index (χ0n) is 16.6. The van der Waals surface area contributed by atoms with Crippen molar-refractivity contribution in [3.63, 3.8) is 0 Å². The number of nitrogens with zero attached hydrogens (tertiary/aromatic N) is 3. The van der Waals surface area contributed by atoms with E-state index in [2.05, 4.69) is 21.7 Å². The third kappa shape index (κ3) is 3.86. The standard InChI is InChI=1S/C21H26N6O2/c1-23-20(28)26-10-4-5-15(13-26)27(14-8-9-14)21(29)24-12-19-17(11-22)16-6-2-3-7-18(16)25-19/h2-3,6-7,14-15,25H,4-5,8-10,12-13H2,1H3,(H,23,28)(H,24,29)/t15-/m1/s1. The predicted octanol–water partition coefficient (Wildman–Crippen LogP) is 2.52. The van der Waals surface area contributed by atoms with Crippen LogP contribution in [-0.4, -0.2) is 59.1 Å². The van der Waals surface area contributed by atoms with Gasteiger partial charge in [-0.2, -0.15) is 5.26 Å². The van der Waals surface area contributed by atoms with Crippen molar-refractivity contribution < 1.29 is 9.59 Å². The van der Waals surface area contributed by atoms with Gasteiger partial charge in [0, 0.05) is 37.1 Å². The molecule has 0 unspecified atom stereocenters. The van der Waals surface area contributed by atoms with Crippen LogP contribution in [0.2, 0.25) is 0 Å². The Morgan fingerprint density at radius 3 is 2.79 bits per heavy atom. The molecule has 1 atom stereocenters. The van der Waals surface area contributed by atoms with Gasteiger partial charge in [-0.15, -0.1) is 0 Å². The lowest BCUT2D eigenvalue weighted by Gasteiger charge is -2.39. The van der Waals surface area contributed by atoms with Gasteiger partial charge in [-0.1, -0.05) is 18.2 Å². The average molecular weight is 394 g/mol. The first-order chi connectivity index (χ1) is 14.1. The fourth-order valence-electron chi connectivity index (χ4n) is 4.22. The highest BCUT2D eigenvalue weighted by atomic mass is 16.2. The number of hydrogen-bond donors (Lipinski definition) is 3. The molecule has 1 aliphatic carbocycles. The fraction of sp³-hybridized carbons (Fsp3) is 0.476. The molecule has 152 valence electrons. The summed E-state index contributed by atoms with van der Waals surface area (Å²) in [4.78, 5) is 32.0. The van der Waals surface area contributed by atoms with Crippen LogP contribution in [0.4, 0.5) is 9.59 Å². The van der Waals surface area contributed by atoms with Crippen molar-refractivity contribution in [2.45, 2.75) is 44.3 Å². The topological polar surface area (TPSA) is 104 Å². The van der Waals surface area contributed by atoms with E-state index < -0.39 is 0 Å². The zero-order valence-corrected chi connectivity index (χ0v) is 16.6. The Morgan fingerprint density at radius 1 is 1.28 bits per heavy atom. The Bertz CT molecular complexity index is 958. The lowest BCUT2D eigenvalue weighted by atomic mass is 10.0. The first-order valence-electron chi connectivity index (χ1n) is 10.1. The number of carbonyl (C=O) groups is 2. The summed E-state index contributed by atoms with van der Waals surface area (Å²) in [6.07, 6.45) is 3.78. The van der Waals surface area contributed by atoms with Gasteiger partial charge in [-0.05, 0) is 31.7 Å². The van der Waals surface area contributed by atoms with E-state index in [1.54, 1.807) is 11.9 Å². The second kappa shape index (κ2) is 8.03. The van der Waals surface area contributed by atoms with E-state index in [4.69, 9.17) is 0 Å². The van der Waals surface area contributed by atoms with Gasteiger partial charge in [-0.3, -0.25) is 0 Å². The van der Waals surface area contributed by atoms with Gasteiger partial charge in [0.25, 0.3) is 0 Å². The number of urea groups is 2. The molecule has 0 radical (unpaired) electrons. The van der Waals surface area contributed by atoms with Gasteiger partial charge >= 0.3 is 12.1 Å². The van der Waals surface area contributed by atoms with Crippen LogP contribution in [0.15, 0.2) is 24.3 Å². The van der Waals surface area contributed by atoms with E-state index in [9.17, 15) is 14.9 Å². The number of aromatic nitrogens is 1. The number of nitrogens with one attached hydrogen (secondary N) is 3. The minimum atomic E-state index is -0.126. The molecule has 1 saturated heterocycles. The minimum Gasteiger partial charge on any atom is -0.356 e. The summed E-state index contributed by atoms with van der Waals surface area (Å²) in [6.45, 7) is 1.54. The molecular formula is C21H26N6O2. The number of fused-ring (bicyclic) bond motifs is 1. The number of likely N-dealkylation sites (tertiary alicyclic amines) is 1. The van der Waals surface area contributed by atoms with Crippen molar-refractivity contribution in [1.82, 2.24) is 25.4 Å². The Labute approximate surface area is 169 Å². The number of piperidine rings is 1. The number of hydrogen-bond acceptors (Lipinski definition) is 3. The Hall–Kier alpha value is -3.21. The first-order valence-corrected chi connectivity index (χ1v) is 10.1. The van der Waals surface area contributed by atoms with Crippen molar-refractivity contribution >= 4 is 23.0 Å². The molecule has 2 aliphatic rings. The fourth-order valence-corrected chi connectivity index (χ4v) is 4.22. The molecule has 1 saturated carbocycles. The largest absolute Gasteiger partial charge is 0.356 e. The molecule has 1 aromatic carbocycles. The van der Waals surface area contributed by atoms with E-state index in [-0.39, 0.29) is 30.7 Å². The number of H-pyrrole nitrogens is 1. The Kier molecular flexibility index (Phi) is 5.30. The number of amides is 4. The van der Waals surface area contributed by atoms with E-state index in [0.717, 1.165) is 43.1 Å². The third-order valence-corrected chi connectivity index (χ3v) is 5.78. The number of nitriles is 1. The number of aromatic amines is 1. The normalized spacial score (nSPS) is 18.9. The SMILES string of the molecule is CNC(=O)N1CCC[C@@H](N(C(=O)NCc2[nH]c3ccccc3c2C#N)C2CC2)C1. The van der Waals surface area contributed by atoms with Crippen LogP contribution in [0.1, 0.15) is 36.9 Å².